The van der Waals surface area contributed by atoms with Gasteiger partial charge in [-0.2, -0.15) is 5.26 Å². The van der Waals surface area contributed by atoms with Crippen molar-refractivity contribution >= 4 is 11.8 Å². The van der Waals surface area contributed by atoms with Crippen LogP contribution in [-0.4, -0.2) is 5.75 Å². The number of nitrogens with zero attached hydrogens (tertiary/aromatic N) is 1. The van der Waals surface area contributed by atoms with Crippen molar-refractivity contribution in [2.24, 2.45) is 0 Å². The quantitative estimate of drug-likeness (QED) is 0.749. The van der Waals surface area contributed by atoms with Crippen LogP contribution in [0.4, 0.5) is 4.39 Å². The van der Waals surface area contributed by atoms with Crippen LogP contribution in [-0.2, 0) is 0 Å². The Bertz CT molecular complexity index is 664. The standard InChI is InChI=1S/C16H14FNOS/c1-3-20-16-6-4-5-15(13(16)10-18)19-14-8-7-12(17)9-11(14)2/h4-9H,3H2,1-2H3. The van der Waals surface area contributed by atoms with E-state index in [-0.39, 0.29) is 5.82 Å². The minimum atomic E-state index is -0.300. The van der Waals surface area contributed by atoms with Gasteiger partial charge in [-0.15, -0.1) is 11.8 Å². The van der Waals surface area contributed by atoms with Gasteiger partial charge in [0.15, 0.2) is 0 Å². The van der Waals surface area contributed by atoms with Crippen LogP contribution in [0.1, 0.15) is 18.1 Å². The van der Waals surface area contributed by atoms with Crippen LogP contribution in [0.2, 0.25) is 0 Å². The van der Waals surface area contributed by atoms with E-state index in [1.807, 2.05) is 19.1 Å². The summed E-state index contributed by atoms with van der Waals surface area (Å²) in [5.41, 5.74) is 1.21. The predicted molar refractivity (Wildman–Crippen MR) is 78.8 cm³/mol. The first-order valence-corrected chi connectivity index (χ1v) is 7.24. The van der Waals surface area contributed by atoms with Crippen molar-refractivity contribution in [1.29, 1.82) is 5.26 Å². The third-order valence-corrected chi connectivity index (χ3v) is 3.70. The van der Waals surface area contributed by atoms with Crippen molar-refractivity contribution < 1.29 is 9.13 Å². The number of halogens is 1. The Morgan fingerprint density at radius 3 is 2.70 bits per heavy atom. The second kappa shape index (κ2) is 6.44. The Hall–Kier alpha value is -1.99. The maximum absolute atomic E-state index is 13.1. The Morgan fingerprint density at radius 1 is 1.25 bits per heavy atom. The number of aryl methyl sites for hydroxylation is 1. The summed E-state index contributed by atoms with van der Waals surface area (Å²) in [6.07, 6.45) is 0. The van der Waals surface area contributed by atoms with Crippen molar-refractivity contribution in [3.05, 3.63) is 53.3 Å². The Labute approximate surface area is 122 Å². The van der Waals surface area contributed by atoms with Crippen LogP contribution >= 0.6 is 11.8 Å². The van der Waals surface area contributed by atoms with Gasteiger partial charge in [-0.1, -0.05) is 13.0 Å². The fourth-order valence-electron chi connectivity index (χ4n) is 1.83. The summed E-state index contributed by atoms with van der Waals surface area (Å²) in [4.78, 5) is 0.896. The molecule has 0 saturated heterocycles. The number of benzene rings is 2. The number of thioether (sulfide) groups is 1. The molecule has 0 aliphatic heterocycles. The van der Waals surface area contributed by atoms with Crippen LogP contribution in [0, 0.1) is 24.1 Å². The third-order valence-electron chi connectivity index (χ3n) is 2.76. The summed E-state index contributed by atoms with van der Waals surface area (Å²) < 4.78 is 18.9. The van der Waals surface area contributed by atoms with Gasteiger partial charge >= 0.3 is 0 Å². The number of nitriles is 1. The number of hydrogen-bond donors (Lipinski definition) is 0. The molecule has 0 aliphatic carbocycles. The lowest BCUT2D eigenvalue weighted by molar-refractivity contribution is 0.473. The molecule has 0 unspecified atom stereocenters. The zero-order valence-electron chi connectivity index (χ0n) is 11.3. The fourth-order valence-corrected chi connectivity index (χ4v) is 2.60. The van der Waals surface area contributed by atoms with E-state index in [1.165, 1.54) is 12.1 Å². The van der Waals surface area contributed by atoms with Gasteiger partial charge in [0.2, 0.25) is 0 Å². The van der Waals surface area contributed by atoms with Gasteiger partial charge < -0.3 is 4.74 Å². The molecule has 0 bridgehead atoms. The molecule has 0 radical (unpaired) electrons. The molecule has 102 valence electrons. The van der Waals surface area contributed by atoms with Gasteiger partial charge in [-0.25, -0.2) is 4.39 Å². The fraction of sp³-hybridized carbons (Fsp3) is 0.188. The van der Waals surface area contributed by atoms with Crippen molar-refractivity contribution in [3.63, 3.8) is 0 Å². The van der Waals surface area contributed by atoms with Crippen molar-refractivity contribution in [2.45, 2.75) is 18.7 Å². The summed E-state index contributed by atoms with van der Waals surface area (Å²) >= 11 is 1.60. The highest BCUT2D eigenvalue weighted by atomic mass is 32.2. The first-order chi connectivity index (χ1) is 9.65. The first kappa shape index (κ1) is 14.4. The van der Waals surface area contributed by atoms with E-state index in [2.05, 4.69) is 6.07 Å². The normalized spacial score (nSPS) is 10.1. The van der Waals surface area contributed by atoms with Crippen LogP contribution in [0.5, 0.6) is 11.5 Å². The molecule has 2 rings (SSSR count). The van der Waals surface area contributed by atoms with Gasteiger partial charge in [0.05, 0.1) is 0 Å². The Kier molecular flexibility index (Phi) is 4.65. The summed E-state index contributed by atoms with van der Waals surface area (Å²) in [7, 11) is 0. The highest BCUT2D eigenvalue weighted by Crippen LogP contribution is 2.33. The molecular formula is C16H14FNOS. The van der Waals surface area contributed by atoms with E-state index < -0.39 is 0 Å². The molecule has 2 aromatic rings. The van der Waals surface area contributed by atoms with Crippen LogP contribution in [0.3, 0.4) is 0 Å². The van der Waals surface area contributed by atoms with Gasteiger partial charge in [0, 0.05) is 4.90 Å². The van der Waals surface area contributed by atoms with Crippen molar-refractivity contribution in [3.8, 4) is 17.6 Å². The molecule has 4 heteroatoms. The highest BCUT2D eigenvalue weighted by molar-refractivity contribution is 7.99. The van der Waals surface area contributed by atoms with E-state index in [0.29, 0.717) is 22.6 Å². The topological polar surface area (TPSA) is 33.0 Å². The summed E-state index contributed by atoms with van der Waals surface area (Å²) in [6, 6.07) is 12.0. The molecule has 0 amide bonds. The lowest BCUT2D eigenvalue weighted by Crippen LogP contribution is -1.93. The van der Waals surface area contributed by atoms with E-state index >= 15 is 0 Å². The van der Waals surface area contributed by atoms with Gasteiger partial charge in [0.1, 0.15) is 28.9 Å². The average molecular weight is 287 g/mol. The number of ether oxygens (including phenoxy) is 1. The molecule has 20 heavy (non-hydrogen) atoms. The smallest absolute Gasteiger partial charge is 0.146 e. The molecule has 0 saturated carbocycles. The summed E-state index contributed by atoms with van der Waals surface area (Å²) in [5, 5.41) is 9.31. The highest BCUT2D eigenvalue weighted by Gasteiger charge is 2.11. The van der Waals surface area contributed by atoms with Gasteiger partial charge in [0.25, 0.3) is 0 Å². The number of rotatable bonds is 4. The third kappa shape index (κ3) is 3.12. The zero-order chi connectivity index (χ0) is 14.5. The maximum Gasteiger partial charge on any atom is 0.146 e. The molecule has 0 aliphatic rings. The van der Waals surface area contributed by atoms with Crippen LogP contribution in [0.15, 0.2) is 41.3 Å². The maximum atomic E-state index is 13.1. The SMILES string of the molecule is CCSc1cccc(Oc2ccc(F)cc2C)c1C#N. The predicted octanol–water partition coefficient (Wildman–Crippen LogP) is 4.91. The number of hydrogen-bond acceptors (Lipinski definition) is 3. The Morgan fingerprint density at radius 2 is 2.05 bits per heavy atom. The second-order valence-corrected chi connectivity index (χ2v) is 5.49. The molecule has 0 fully saturated rings. The molecule has 0 N–H and O–H groups in total. The lowest BCUT2D eigenvalue weighted by Gasteiger charge is -2.12. The van der Waals surface area contributed by atoms with E-state index in [9.17, 15) is 9.65 Å². The molecule has 0 heterocycles. The second-order valence-electron chi connectivity index (χ2n) is 4.19. The zero-order valence-corrected chi connectivity index (χ0v) is 12.1. The monoisotopic (exact) mass is 287 g/mol. The first-order valence-electron chi connectivity index (χ1n) is 6.25. The molecular weight excluding hydrogens is 273 g/mol. The van der Waals surface area contributed by atoms with Gasteiger partial charge in [-0.05, 0) is 48.6 Å². The summed E-state index contributed by atoms with van der Waals surface area (Å²) in [6.45, 7) is 3.80. The van der Waals surface area contributed by atoms with Gasteiger partial charge in [-0.3, -0.25) is 0 Å². The average Bonchev–Trinajstić information content (AvgIpc) is 2.42. The van der Waals surface area contributed by atoms with Crippen molar-refractivity contribution in [2.75, 3.05) is 5.75 Å². The largest absolute Gasteiger partial charge is 0.456 e. The van der Waals surface area contributed by atoms with Crippen LogP contribution in [0.25, 0.3) is 0 Å². The molecule has 0 spiro atoms. The summed E-state index contributed by atoms with van der Waals surface area (Å²) in [5.74, 6) is 1.64. The lowest BCUT2D eigenvalue weighted by atomic mass is 10.2. The Balaban J connectivity index is 2.38. The van der Waals surface area contributed by atoms with E-state index in [4.69, 9.17) is 4.74 Å². The van der Waals surface area contributed by atoms with Crippen LogP contribution < -0.4 is 4.74 Å². The van der Waals surface area contributed by atoms with Crippen molar-refractivity contribution in [1.82, 2.24) is 0 Å². The van der Waals surface area contributed by atoms with E-state index in [1.54, 1.807) is 30.8 Å². The minimum absolute atomic E-state index is 0.300. The molecule has 0 atom stereocenters. The van der Waals surface area contributed by atoms with E-state index in [0.717, 1.165) is 10.6 Å². The molecule has 2 aromatic carbocycles. The molecule has 0 aromatic heterocycles. The molecule has 2 nitrogen and oxygen atoms in total. The minimum Gasteiger partial charge on any atom is -0.456 e.